The van der Waals surface area contributed by atoms with Gasteiger partial charge in [0.25, 0.3) is 5.91 Å². The first-order valence-corrected chi connectivity index (χ1v) is 11.7. The number of ether oxygens (including phenoxy) is 1. The summed E-state index contributed by atoms with van der Waals surface area (Å²) in [5.41, 5.74) is 4.24. The fraction of sp³-hybridized carbons (Fsp3) is 0.423. The molecule has 1 aliphatic carbocycles. The van der Waals surface area contributed by atoms with Crippen molar-refractivity contribution < 1.29 is 14.3 Å². The number of carbonyl (C=O) groups is 2. The maximum Gasteiger partial charge on any atom is 0.374 e. The molecule has 6 heteroatoms. The number of piperidine rings is 1. The predicted octanol–water partition coefficient (Wildman–Crippen LogP) is 5.10. The Bertz CT molecular complexity index is 1160. The highest BCUT2D eigenvalue weighted by Gasteiger charge is 2.24. The third-order valence-electron chi connectivity index (χ3n) is 6.71. The average Bonchev–Trinajstić information content (AvgIpc) is 3.17. The van der Waals surface area contributed by atoms with Gasteiger partial charge in [-0.1, -0.05) is 18.6 Å². The van der Waals surface area contributed by atoms with E-state index in [9.17, 15) is 9.59 Å². The number of nitrogens with zero attached hydrogens (tertiary/aromatic N) is 3. The van der Waals surface area contributed by atoms with Gasteiger partial charge >= 0.3 is 5.97 Å². The largest absolute Gasteiger partial charge is 0.460 e. The SMILES string of the molecule is CCOC(=O)c1nc2cc(C(=O)N3CCCCC3)ccc2n1-c1cccc(C2CCC2)c1. The van der Waals surface area contributed by atoms with Crippen molar-refractivity contribution in [2.75, 3.05) is 19.7 Å². The van der Waals surface area contributed by atoms with Crippen molar-refractivity contribution in [2.45, 2.75) is 51.4 Å². The van der Waals surface area contributed by atoms with Crippen molar-refractivity contribution in [2.24, 2.45) is 0 Å². The second-order valence-corrected chi connectivity index (χ2v) is 8.77. The van der Waals surface area contributed by atoms with Crippen LogP contribution in [0, 0.1) is 0 Å². The highest BCUT2D eigenvalue weighted by atomic mass is 16.5. The first-order valence-electron chi connectivity index (χ1n) is 11.7. The van der Waals surface area contributed by atoms with Crippen LogP contribution >= 0.6 is 0 Å². The number of hydrogen-bond acceptors (Lipinski definition) is 4. The van der Waals surface area contributed by atoms with E-state index in [0.29, 0.717) is 17.0 Å². The van der Waals surface area contributed by atoms with E-state index in [-0.39, 0.29) is 18.3 Å². The molecule has 166 valence electrons. The molecule has 32 heavy (non-hydrogen) atoms. The monoisotopic (exact) mass is 431 g/mol. The van der Waals surface area contributed by atoms with Gasteiger partial charge in [-0.05, 0) is 80.8 Å². The van der Waals surface area contributed by atoms with Crippen LogP contribution in [-0.4, -0.2) is 46.0 Å². The minimum Gasteiger partial charge on any atom is -0.460 e. The van der Waals surface area contributed by atoms with Gasteiger partial charge in [0.15, 0.2) is 0 Å². The minimum absolute atomic E-state index is 0.0332. The zero-order chi connectivity index (χ0) is 22.1. The number of imidazole rings is 1. The van der Waals surface area contributed by atoms with Crippen molar-refractivity contribution in [3.05, 3.63) is 59.4 Å². The lowest BCUT2D eigenvalue weighted by Crippen LogP contribution is -2.35. The van der Waals surface area contributed by atoms with Gasteiger partial charge in [-0.2, -0.15) is 0 Å². The molecule has 1 saturated heterocycles. The van der Waals surface area contributed by atoms with Crippen molar-refractivity contribution in [3.63, 3.8) is 0 Å². The molecule has 6 nitrogen and oxygen atoms in total. The smallest absolute Gasteiger partial charge is 0.374 e. The molecule has 3 aromatic rings. The molecular weight excluding hydrogens is 402 g/mol. The summed E-state index contributed by atoms with van der Waals surface area (Å²) >= 11 is 0. The van der Waals surface area contributed by atoms with Crippen LogP contribution in [0.5, 0.6) is 0 Å². The van der Waals surface area contributed by atoms with E-state index >= 15 is 0 Å². The lowest BCUT2D eigenvalue weighted by molar-refractivity contribution is 0.0510. The fourth-order valence-corrected chi connectivity index (χ4v) is 4.75. The van der Waals surface area contributed by atoms with Crippen LogP contribution in [0.3, 0.4) is 0 Å². The molecular formula is C26H29N3O3. The summed E-state index contributed by atoms with van der Waals surface area (Å²) in [6, 6.07) is 13.9. The summed E-state index contributed by atoms with van der Waals surface area (Å²) in [7, 11) is 0. The number of esters is 1. The number of carbonyl (C=O) groups excluding carboxylic acids is 2. The molecule has 0 atom stereocenters. The molecule has 0 radical (unpaired) electrons. The number of rotatable bonds is 5. The highest BCUT2D eigenvalue weighted by Crippen LogP contribution is 2.37. The van der Waals surface area contributed by atoms with Crippen LogP contribution in [0.2, 0.25) is 0 Å². The predicted molar refractivity (Wildman–Crippen MR) is 123 cm³/mol. The van der Waals surface area contributed by atoms with Crippen LogP contribution in [0.25, 0.3) is 16.7 Å². The normalized spacial score (nSPS) is 16.7. The maximum atomic E-state index is 13.0. The Labute approximate surface area is 188 Å². The number of benzene rings is 2. The first-order chi connectivity index (χ1) is 15.7. The Hall–Kier alpha value is -3.15. The van der Waals surface area contributed by atoms with Gasteiger partial charge in [-0.3, -0.25) is 9.36 Å². The van der Waals surface area contributed by atoms with E-state index in [0.717, 1.165) is 37.1 Å². The quantitative estimate of drug-likeness (QED) is 0.528. The Morgan fingerprint density at radius 3 is 2.56 bits per heavy atom. The molecule has 0 bridgehead atoms. The van der Waals surface area contributed by atoms with Crippen LogP contribution in [0.1, 0.15) is 77.9 Å². The zero-order valence-corrected chi connectivity index (χ0v) is 18.5. The first kappa shape index (κ1) is 20.7. The van der Waals surface area contributed by atoms with E-state index in [2.05, 4.69) is 17.1 Å². The number of fused-ring (bicyclic) bond motifs is 1. The number of amides is 1. The van der Waals surface area contributed by atoms with Crippen LogP contribution in [0.15, 0.2) is 42.5 Å². The summed E-state index contributed by atoms with van der Waals surface area (Å²) in [5, 5.41) is 0. The highest BCUT2D eigenvalue weighted by molar-refractivity contribution is 5.99. The summed E-state index contributed by atoms with van der Waals surface area (Å²) in [6.07, 6.45) is 6.96. The number of aromatic nitrogens is 2. The summed E-state index contributed by atoms with van der Waals surface area (Å²) in [6.45, 7) is 3.67. The van der Waals surface area contributed by atoms with E-state index in [1.807, 2.05) is 33.7 Å². The number of hydrogen-bond donors (Lipinski definition) is 0. The van der Waals surface area contributed by atoms with E-state index < -0.39 is 5.97 Å². The van der Waals surface area contributed by atoms with Crippen molar-refractivity contribution in [1.29, 1.82) is 0 Å². The van der Waals surface area contributed by atoms with Gasteiger partial charge in [0, 0.05) is 24.3 Å². The third-order valence-corrected chi connectivity index (χ3v) is 6.71. The summed E-state index contributed by atoms with van der Waals surface area (Å²) < 4.78 is 7.17. The fourth-order valence-electron chi connectivity index (χ4n) is 4.75. The molecule has 2 heterocycles. The molecule has 1 saturated carbocycles. The van der Waals surface area contributed by atoms with Crippen molar-refractivity contribution >= 4 is 22.9 Å². The van der Waals surface area contributed by atoms with E-state index in [1.54, 1.807) is 13.0 Å². The van der Waals surface area contributed by atoms with Crippen LogP contribution < -0.4 is 0 Å². The molecule has 2 aliphatic rings. The Morgan fingerprint density at radius 1 is 1.03 bits per heavy atom. The molecule has 0 unspecified atom stereocenters. The van der Waals surface area contributed by atoms with E-state index in [1.165, 1.54) is 31.2 Å². The second kappa shape index (κ2) is 8.77. The molecule has 0 spiro atoms. The minimum atomic E-state index is -0.457. The van der Waals surface area contributed by atoms with Crippen LogP contribution in [0.4, 0.5) is 0 Å². The van der Waals surface area contributed by atoms with Gasteiger partial charge < -0.3 is 9.64 Å². The van der Waals surface area contributed by atoms with E-state index in [4.69, 9.17) is 4.74 Å². The van der Waals surface area contributed by atoms with Crippen molar-refractivity contribution in [1.82, 2.24) is 14.5 Å². The average molecular weight is 432 g/mol. The molecule has 1 aliphatic heterocycles. The summed E-state index contributed by atoms with van der Waals surface area (Å²) in [4.78, 5) is 32.3. The van der Waals surface area contributed by atoms with Gasteiger partial charge in [0.05, 0.1) is 17.6 Å². The molecule has 1 amide bonds. The number of likely N-dealkylation sites (tertiary alicyclic amines) is 1. The standard InChI is InChI=1S/C26H29N3O3/c1-2-32-26(31)24-27-22-17-20(25(30)28-14-4-3-5-15-28)12-13-23(22)29(24)21-11-7-10-19(16-21)18-8-6-9-18/h7,10-13,16-18H,2-6,8-9,14-15H2,1H3. The third kappa shape index (κ3) is 3.78. The molecule has 2 aromatic carbocycles. The van der Waals surface area contributed by atoms with Gasteiger partial charge in [0.2, 0.25) is 5.82 Å². The summed E-state index contributed by atoms with van der Waals surface area (Å²) in [5.74, 6) is 0.409. The Balaban J connectivity index is 1.58. The van der Waals surface area contributed by atoms with Crippen LogP contribution in [-0.2, 0) is 4.74 Å². The molecule has 5 rings (SSSR count). The van der Waals surface area contributed by atoms with Gasteiger partial charge in [-0.25, -0.2) is 9.78 Å². The van der Waals surface area contributed by atoms with Crippen molar-refractivity contribution in [3.8, 4) is 5.69 Å². The van der Waals surface area contributed by atoms with Gasteiger partial charge in [-0.15, -0.1) is 0 Å². The Morgan fingerprint density at radius 2 is 1.84 bits per heavy atom. The lowest BCUT2D eigenvalue weighted by Gasteiger charge is -2.26. The van der Waals surface area contributed by atoms with Gasteiger partial charge in [0.1, 0.15) is 0 Å². The maximum absolute atomic E-state index is 13.0. The lowest BCUT2D eigenvalue weighted by atomic mass is 9.80. The Kier molecular flexibility index (Phi) is 5.68. The topological polar surface area (TPSA) is 64.4 Å². The zero-order valence-electron chi connectivity index (χ0n) is 18.5. The molecule has 0 N–H and O–H groups in total. The second-order valence-electron chi connectivity index (χ2n) is 8.77. The molecule has 2 fully saturated rings. The molecule has 1 aromatic heterocycles.